The van der Waals surface area contributed by atoms with E-state index in [2.05, 4.69) is 86.6 Å². The van der Waals surface area contributed by atoms with E-state index in [0.717, 1.165) is 0 Å². The molecule has 0 spiro atoms. The van der Waals surface area contributed by atoms with Gasteiger partial charge in [-0.1, -0.05) is 72.3 Å². The molecule has 0 aliphatic heterocycles. The molecule has 0 heteroatoms. The maximum atomic E-state index is 2.29. The largest absolute Gasteiger partial charge is 0.0622 e. The molecule has 0 atom stereocenters. The van der Waals surface area contributed by atoms with Crippen molar-refractivity contribution in [3.63, 3.8) is 0 Å². The van der Waals surface area contributed by atoms with E-state index in [4.69, 9.17) is 0 Å². The molecular weight excluding hydrogens is 240 g/mol. The summed E-state index contributed by atoms with van der Waals surface area (Å²) in [7, 11) is 0. The molecule has 0 radical (unpaired) electrons. The number of hydrogen-bond acceptors (Lipinski definition) is 0. The van der Waals surface area contributed by atoms with Crippen molar-refractivity contribution >= 4 is 0 Å². The zero-order valence-corrected chi connectivity index (χ0v) is 11.9. The van der Waals surface area contributed by atoms with Crippen LogP contribution in [-0.2, 0) is 0 Å². The van der Waals surface area contributed by atoms with Crippen molar-refractivity contribution in [2.24, 2.45) is 0 Å². The van der Waals surface area contributed by atoms with Crippen LogP contribution in [0.25, 0.3) is 22.3 Å². The lowest BCUT2D eigenvalue weighted by Crippen LogP contribution is -1.86. The van der Waals surface area contributed by atoms with E-state index in [1.807, 2.05) is 0 Å². The second-order valence-corrected chi connectivity index (χ2v) is 5.26. The van der Waals surface area contributed by atoms with Gasteiger partial charge in [-0.15, -0.1) is 0 Å². The predicted octanol–water partition coefficient (Wildman–Crippen LogP) is 5.64. The second-order valence-electron chi connectivity index (χ2n) is 5.26. The molecule has 20 heavy (non-hydrogen) atoms. The molecule has 0 heterocycles. The van der Waals surface area contributed by atoms with Crippen LogP contribution >= 0.6 is 0 Å². The molecule has 0 aromatic heterocycles. The summed E-state index contributed by atoms with van der Waals surface area (Å²) in [5.41, 5.74) is 7.74. The fraction of sp³-hybridized carbons (Fsp3) is 0.100. The molecule has 0 fully saturated rings. The van der Waals surface area contributed by atoms with Gasteiger partial charge < -0.3 is 0 Å². The maximum Gasteiger partial charge on any atom is -0.0149 e. The quantitative estimate of drug-likeness (QED) is 0.558. The van der Waals surface area contributed by atoms with E-state index in [-0.39, 0.29) is 0 Å². The SMILES string of the molecule is Cc1ccc(-c2cc(-c3ccccc3)ccc2C)cc1. The minimum absolute atomic E-state index is 1.26. The summed E-state index contributed by atoms with van der Waals surface area (Å²) in [5, 5.41) is 0. The zero-order chi connectivity index (χ0) is 13.9. The molecule has 98 valence electrons. The first-order valence-electron chi connectivity index (χ1n) is 6.97. The topological polar surface area (TPSA) is 0 Å². The maximum absolute atomic E-state index is 2.29. The Morgan fingerprint density at radius 1 is 0.550 bits per heavy atom. The fourth-order valence-corrected chi connectivity index (χ4v) is 2.48. The van der Waals surface area contributed by atoms with Crippen LogP contribution in [0.3, 0.4) is 0 Å². The molecule has 3 rings (SSSR count). The fourth-order valence-electron chi connectivity index (χ4n) is 2.48. The first kappa shape index (κ1) is 12.7. The lowest BCUT2D eigenvalue weighted by molar-refractivity contribution is 1.43. The van der Waals surface area contributed by atoms with Crippen LogP contribution < -0.4 is 0 Å². The number of rotatable bonds is 2. The third kappa shape index (κ3) is 2.50. The highest BCUT2D eigenvalue weighted by atomic mass is 14.1. The van der Waals surface area contributed by atoms with E-state index >= 15 is 0 Å². The molecule has 0 aliphatic carbocycles. The lowest BCUT2D eigenvalue weighted by atomic mass is 9.95. The van der Waals surface area contributed by atoms with E-state index in [1.165, 1.54) is 33.4 Å². The molecule has 0 nitrogen and oxygen atoms in total. The van der Waals surface area contributed by atoms with Crippen molar-refractivity contribution in [2.45, 2.75) is 13.8 Å². The third-order valence-electron chi connectivity index (χ3n) is 3.71. The van der Waals surface area contributed by atoms with Crippen molar-refractivity contribution in [1.29, 1.82) is 0 Å². The van der Waals surface area contributed by atoms with Gasteiger partial charge in [-0.25, -0.2) is 0 Å². The summed E-state index contributed by atoms with van der Waals surface area (Å²) < 4.78 is 0. The van der Waals surface area contributed by atoms with E-state index < -0.39 is 0 Å². The van der Waals surface area contributed by atoms with E-state index in [9.17, 15) is 0 Å². The molecule has 0 N–H and O–H groups in total. The molecule has 0 bridgehead atoms. The van der Waals surface area contributed by atoms with Gasteiger partial charge in [0.05, 0.1) is 0 Å². The van der Waals surface area contributed by atoms with Crippen molar-refractivity contribution < 1.29 is 0 Å². The highest BCUT2D eigenvalue weighted by Crippen LogP contribution is 2.29. The van der Waals surface area contributed by atoms with Crippen molar-refractivity contribution in [3.8, 4) is 22.3 Å². The number of aryl methyl sites for hydroxylation is 2. The smallest absolute Gasteiger partial charge is 0.0149 e. The summed E-state index contributed by atoms with van der Waals surface area (Å²) in [5.74, 6) is 0. The normalized spacial score (nSPS) is 10.5. The van der Waals surface area contributed by atoms with Gasteiger partial charge in [-0.2, -0.15) is 0 Å². The van der Waals surface area contributed by atoms with E-state index in [0.29, 0.717) is 0 Å². The van der Waals surface area contributed by atoms with Gasteiger partial charge in [0.1, 0.15) is 0 Å². The van der Waals surface area contributed by atoms with Gasteiger partial charge in [-0.3, -0.25) is 0 Å². The number of hydrogen-bond donors (Lipinski definition) is 0. The van der Waals surface area contributed by atoms with Crippen LogP contribution in [0.4, 0.5) is 0 Å². The highest BCUT2D eigenvalue weighted by molar-refractivity contribution is 5.75. The lowest BCUT2D eigenvalue weighted by Gasteiger charge is -2.10. The second kappa shape index (κ2) is 5.34. The Bertz CT molecular complexity index is 707. The third-order valence-corrected chi connectivity index (χ3v) is 3.71. The molecule has 0 saturated carbocycles. The summed E-state index contributed by atoms with van der Waals surface area (Å²) in [6.45, 7) is 4.29. The van der Waals surface area contributed by atoms with Crippen LogP contribution in [0.1, 0.15) is 11.1 Å². The Morgan fingerprint density at radius 3 is 1.90 bits per heavy atom. The molecule has 3 aromatic carbocycles. The minimum atomic E-state index is 1.26. The summed E-state index contributed by atoms with van der Waals surface area (Å²) in [6, 6.07) is 26.0. The molecule has 3 aromatic rings. The summed E-state index contributed by atoms with van der Waals surface area (Å²) in [6.07, 6.45) is 0. The van der Waals surface area contributed by atoms with Crippen LogP contribution in [0, 0.1) is 13.8 Å². The van der Waals surface area contributed by atoms with Gasteiger partial charge in [0.25, 0.3) is 0 Å². The summed E-state index contributed by atoms with van der Waals surface area (Å²) >= 11 is 0. The molecule has 0 amide bonds. The predicted molar refractivity (Wildman–Crippen MR) is 86.8 cm³/mol. The average molecular weight is 258 g/mol. The minimum Gasteiger partial charge on any atom is -0.0622 e. The first-order valence-corrected chi connectivity index (χ1v) is 6.97. The molecular formula is C20H18. The Kier molecular flexibility index (Phi) is 3.39. The zero-order valence-electron chi connectivity index (χ0n) is 11.9. The summed E-state index contributed by atoms with van der Waals surface area (Å²) in [4.78, 5) is 0. The van der Waals surface area contributed by atoms with Crippen molar-refractivity contribution in [1.82, 2.24) is 0 Å². The Hall–Kier alpha value is -2.34. The highest BCUT2D eigenvalue weighted by Gasteiger charge is 2.04. The van der Waals surface area contributed by atoms with Crippen LogP contribution in [0.5, 0.6) is 0 Å². The van der Waals surface area contributed by atoms with Crippen molar-refractivity contribution in [2.75, 3.05) is 0 Å². The molecule has 0 unspecified atom stereocenters. The van der Waals surface area contributed by atoms with E-state index in [1.54, 1.807) is 0 Å². The monoisotopic (exact) mass is 258 g/mol. The standard InChI is InChI=1S/C20H18/c1-15-8-11-18(12-9-15)20-14-19(13-10-16(20)2)17-6-4-3-5-7-17/h3-14H,1-2H3. The van der Waals surface area contributed by atoms with Crippen LogP contribution in [0.2, 0.25) is 0 Å². The average Bonchev–Trinajstić information content (AvgIpc) is 2.50. The van der Waals surface area contributed by atoms with Gasteiger partial charge >= 0.3 is 0 Å². The number of benzene rings is 3. The van der Waals surface area contributed by atoms with Gasteiger partial charge in [0, 0.05) is 0 Å². The van der Waals surface area contributed by atoms with Crippen LogP contribution in [-0.4, -0.2) is 0 Å². The van der Waals surface area contributed by atoms with Gasteiger partial charge in [0.2, 0.25) is 0 Å². The Balaban J connectivity index is 2.10. The van der Waals surface area contributed by atoms with Gasteiger partial charge in [-0.05, 0) is 47.7 Å². The van der Waals surface area contributed by atoms with Gasteiger partial charge in [0.15, 0.2) is 0 Å². The van der Waals surface area contributed by atoms with Crippen LogP contribution in [0.15, 0.2) is 72.8 Å². The Labute approximate surface area is 120 Å². The molecule has 0 aliphatic rings. The first-order chi connectivity index (χ1) is 9.74. The molecule has 0 saturated heterocycles. The van der Waals surface area contributed by atoms with Crippen molar-refractivity contribution in [3.05, 3.63) is 83.9 Å². The Morgan fingerprint density at radius 2 is 1.20 bits per heavy atom.